The number of nitrogens with one attached hydrogen (secondary N) is 1. The van der Waals surface area contributed by atoms with Crippen molar-refractivity contribution in [3.05, 3.63) is 48.5 Å². The quantitative estimate of drug-likeness (QED) is 0.775. The fourth-order valence-electron chi connectivity index (χ4n) is 2.75. The third-order valence-corrected chi connectivity index (χ3v) is 3.99. The molecule has 1 fully saturated rings. The van der Waals surface area contributed by atoms with Crippen molar-refractivity contribution in [1.82, 2.24) is 19.6 Å². The van der Waals surface area contributed by atoms with Crippen molar-refractivity contribution in [3.8, 4) is 0 Å². The van der Waals surface area contributed by atoms with Crippen LogP contribution in [-0.4, -0.2) is 37.9 Å². The number of hydrogen-bond donors (Lipinski definition) is 1. The van der Waals surface area contributed by atoms with Gasteiger partial charge in [0.2, 0.25) is 11.8 Å². The summed E-state index contributed by atoms with van der Waals surface area (Å²) in [6, 6.07) is 7.29. The molecule has 8 nitrogen and oxygen atoms in total. The highest BCUT2D eigenvalue weighted by molar-refractivity contribution is 6.03. The third kappa shape index (κ3) is 2.91. The van der Waals surface area contributed by atoms with E-state index in [4.69, 9.17) is 0 Å². The molecule has 2 aromatic heterocycles. The van der Waals surface area contributed by atoms with Gasteiger partial charge in [-0.3, -0.25) is 14.9 Å². The Kier molecular flexibility index (Phi) is 3.60. The van der Waals surface area contributed by atoms with E-state index in [0.717, 1.165) is 0 Å². The Morgan fingerprint density at radius 1 is 1.28 bits per heavy atom. The molecule has 1 N–H and O–H groups in total. The van der Waals surface area contributed by atoms with E-state index in [1.54, 1.807) is 18.5 Å². The van der Waals surface area contributed by atoms with E-state index in [1.165, 1.54) is 33.7 Å². The van der Waals surface area contributed by atoms with Gasteiger partial charge in [0, 0.05) is 31.0 Å². The minimum atomic E-state index is -0.530. The smallest absolute Gasteiger partial charge is 0.253 e. The highest BCUT2D eigenvalue weighted by Gasteiger charge is 2.35. The summed E-state index contributed by atoms with van der Waals surface area (Å²) in [4.78, 5) is 34.2. The molecule has 1 aliphatic rings. The molecule has 4 rings (SSSR count). The predicted molar refractivity (Wildman–Crippen MR) is 86.3 cm³/mol. The number of anilines is 2. The Balaban J connectivity index is 1.47. The Morgan fingerprint density at radius 2 is 2.08 bits per heavy atom. The molecule has 1 saturated heterocycles. The molecule has 1 aliphatic heterocycles. The highest BCUT2D eigenvalue weighted by atomic mass is 19.1. The lowest BCUT2D eigenvalue weighted by Crippen LogP contribution is -2.28. The number of benzene rings is 1. The molecule has 9 heteroatoms. The van der Waals surface area contributed by atoms with E-state index in [1.807, 2.05) is 0 Å². The summed E-state index contributed by atoms with van der Waals surface area (Å²) in [7, 11) is 0. The van der Waals surface area contributed by atoms with E-state index in [-0.39, 0.29) is 36.5 Å². The minimum absolute atomic E-state index is 0.0782. The second kappa shape index (κ2) is 5.93. The van der Waals surface area contributed by atoms with Crippen LogP contribution in [0.2, 0.25) is 0 Å². The SMILES string of the molecule is O=C(Nc1nc2ncccn2n1)[C@H]1CC(=O)N(c2ccc(F)cc2)C1. The Labute approximate surface area is 141 Å². The maximum atomic E-state index is 13.0. The Bertz CT molecular complexity index is 922. The van der Waals surface area contributed by atoms with Crippen LogP contribution in [-0.2, 0) is 9.59 Å². The molecule has 1 aromatic carbocycles. The second-order valence-electron chi connectivity index (χ2n) is 5.67. The molecule has 0 bridgehead atoms. The van der Waals surface area contributed by atoms with Crippen molar-refractivity contribution in [2.45, 2.75) is 6.42 Å². The van der Waals surface area contributed by atoms with Crippen LogP contribution in [0, 0.1) is 11.7 Å². The van der Waals surface area contributed by atoms with Crippen LogP contribution in [0.25, 0.3) is 5.78 Å². The molecular formula is C16H13FN6O2. The van der Waals surface area contributed by atoms with E-state index >= 15 is 0 Å². The van der Waals surface area contributed by atoms with Gasteiger partial charge in [-0.25, -0.2) is 13.9 Å². The van der Waals surface area contributed by atoms with E-state index in [0.29, 0.717) is 11.5 Å². The summed E-state index contributed by atoms with van der Waals surface area (Å²) >= 11 is 0. The first-order valence-electron chi connectivity index (χ1n) is 7.64. The number of carbonyl (C=O) groups excluding carboxylic acids is 2. The number of hydrogen-bond acceptors (Lipinski definition) is 5. The number of amides is 2. The van der Waals surface area contributed by atoms with Gasteiger partial charge in [0.1, 0.15) is 5.82 Å². The van der Waals surface area contributed by atoms with Gasteiger partial charge in [0.25, 0.3) is 11.7 Å². The lowest BCUT2D eigenvalue weighted by atomic mass is 10.1. The van der Waals surface area contributed by atoms with Gasteiger partial charge in [0.15, 0.2) is 0 Å². The lowest BCUT2D eigenvalue weighted by Gasteiger charge is -2.16. The fourth-order valence-corrected chi connectivity index (χ4v) is 2.75. The van der Waals surface area contributed by atoms with Crippen LogP contribution in [0.4, 0.5) is 16.0 Å². The number of halogens is 1. The largest absolute Gasteiger partial charge is 0.312 e. The van der Waals surface area contributed by atoms with Crippen molar-refractivity contribution in [2.75, 3.05) is 16.8 Å². The van der Waals surface area contributed by atoms with Gasteiger partial charge in [-0.2, -0.15) is 4.98 Å². The van der Waals surface area contributed by atoms with Crippen molar-refractivity contribution >= 4 is 29.2 Å². The van der Waals surface area contributed by atoms with Gasteiger partial charge in [-0.15, -0.1) is 5.10 Å². The van der Waals surface area contributed by atoms with Crippen LogP contribution < -0.4 is 10.2 Å². The Hall–Kier alpha value is -3.36. The second-order valence-corrected chi connectivity index (χ2v) is 5.67. The standard InChI is InChI=1S/C16H13FN6O2/c17-11-2-4-12(5-3-11)22-9-10(8-13(22)24)14(25)19-15-20-16-18-6-1-7-23(16)21-15/h1-7,10H,8-9H2,(H,19,21,25)/t10-/m0/s1. The first-order chi connectivity index (χ1) is 12.1. The number of fused-ring (bicyclic) bond motifs is 1. The summed E-state index contributed by atoms with van der Waals surface area (Å²) in [5, 5.41) is 6.72. The monoisotopic (exact) mass is 340 g/mol. The molecule has 0 saturated carbocycles. The van der Waals surface area contributed by atoms with Crippen molar-refractivity contribution in [1.29, 1.82) is 0 Å². The van der Waals surface area contributed by atoms with Crippen LogP contribution in [0.3, 0.4) is 0 Å². The zero-order valence-electron chi connectivity index (χ0n) is 13.0. The third-order valence-electron chi connectivity index (χ3n) is 3.99. The van der Waals surface area contributed by atoms with Crippen LogP contribution in [0.1, 0.15) is 6.42 Å². The highest BCUT2D eigenvalue weighted by Crippen LogP contribution is 2.26. The first-order valence-corrected chi connectivity index (χ1v) is 7.64. The van der Waals surface area contributed by atoms with Gasteiger partial charge >= 0.3 is 0 Å². The summed E-state index contributed by atoms with van der Waals surface area (Å²) in [5.74, 6) is -0.928. The maximum absolute atomic E-state index is 13.0. The predicted octanol–water partition coefficient (Wildman–Crippen LogP) is 1.25. The fraction of sp³-hybridized carbons (Fsp3) is 0.188. The molecule has 0 spiro atoms. The van der Waals surface area contributed by atoms with Gasteiger partial charge < -0.3 is 4.90 Å². The van der Waals surface area contributed by atoms with Crippen LogP contribution in [0.5, 0.6) is 0 Å². The molecule has 3 heterocycles. The topological polar surface area (TPSA) is 92.5 Å². The molecule has 25 heavy (non-hydrogen) atoms. The maximum Gasteiger partial charge on any atom is 0.253 e. The van der Waals surface area contributed by atoms with E-state index in [2.05, 4.69) is 20.4 Å². The summed E-state index contributed by atoms with van der Waals surface area (Å²) in [6.07, 6.45) is 3.32. The minimum Gasteiger partial charge on any atom is -0.312 e. The Morgan fingerprint density at radius 3 is 2.84 bits per heavy atom. The molecule has 0 aliphatic carbocycles. The zero-order valence-corrected chi connectivity index (χ0v) is 13.0. The van der Waals surface area contributed by atoms with Crippen LogP contribution in [0.15, 0.2) is 42.7 Å². The first kappa shape index (κ1) is 15.2. The number of rotatable bonds is 3. The summed E-state index contributed by atoms with van der Waals surface area (Å²) in [5.41, 5.74) is 0.566. The molecule has 2 amide bonds. The van der Waals surface area contributed by atoms with Gasteiger partial charge in [-0.1, -0.05) is 0 Å². The summed E-state index contributed by atoms with van der Waals surface area (Å²) < 4.78 is 14.5. The normalized spacial score (nSPS) is 17.2. The van der Waals surface area contributed by atoms with E-state index in [9.17, 15) is 14.0 Å². The molecule has 0 unspecified atom stereocenters. The molecule has 1 atom stereocenters. The molecule has 0 radical (unpaired) electrons. The van der Waals surface area contributed by atoms with E-state index < -0.39 is 5.92 Å². The molecule has 3 aromatic rings. The zero-order chi connectivity index (χ0) is 17.4. The lowest BCUT2D eigenvalue weighted by molar-refractivity contribution is -0.122. The average Bonchev–Trinajstić information content (AvgIpc) is 3.18. The summed E-state index contributed by atoms with van der Waals surface area (Å²) in [6.45, 7) is 0.224. The number of nitrogens with zero attached hydrogens (tertiary/aromatic N) is 5. The van der Waals surface area contributed by atoms with Gasteiger partial charge in [-0.05, 0) is 30.3 Å². The number of carbonyl (C=O) groups is 2. The molecular weight excluding hydrogens is 327 g/mol. The molecule has 126 valence electrons. The average molecular weight is 340 g/mol. The van der Waals surface area contributed by atoms with Gasteiger partial charge in [0.05, 0.1) is 5.92 Å². The van der Waals surface area contributed by atoms with Crippen molar-refractivity contribution < 1.29 is 14.0 Å². The van der Waals surface area contributed by atoms with Crippen molar-refractivity contribution in [3.63, 3.8) is 0 Å². The number of aromatic nitrogens is 4. The van der Waals surface area contributed by atoms with Crippen molar-refractivity contribution in [2.24, 2.45) is 5.92 Å². The van der Waals surface area contributed by atoms with Crippen LogP contribution >= 0.6 is 0 Å².